The molecule has 0 radical (unpaired) electrons. The van der Waals surface area contributed by atoms with Crippen molar-refractivity contribution in [3.63, 3.8) is 0 Å². The number of nitrogens with one attached hydrogen (secondary N) is 1. The smallest absolute Gasteiger partial charge is 0.336 e. The zero-order valence-corrected chi connectivity index (χ0v) is 11.1. The Balaban J connectivity index is 3.10. The summed E-state index contributed by atoms with van der Waals surface area (Å²) >= 11 is 2.94. The number of rotatable bonds is 5. The molecule has 100 valence electrons. The Morgan fingerprint density at radius 1 is 1.44 bits per heavy atom. The molecule has 0 fully saturated rings. The van der Waals surface area contributed by atoms with E-state index in [9.17, 15) is 22.0 Å². The number of carboxylic acid groups (broad SMARTS) is 1. The Labute approximate surface area is 110 Å². The van der Waals surface area contributed by atoms with E-state index in [2.05, 4.69) is 15.9 Å². The Kier molecular flexibility index (Phi) is 4.77. The van der Waals surface area contributed by atoms with Gasteiger partial charge >= 0.3 is 5.97 Å². The maximum atomic E-state index is 11.9. The minimum atomic E-state index is -4.14. The highest BCUT2D eigenvalue weighted by Gasteiger charge is 2.19. The van der Waals surface area contributed by atoms with Crippen LogP contribution in [0.3, 0.4) is 0 Å². The van der Waals surface area contributed by atoms with Gasteiger partial charge in [0, 0.05) is 4.47 Å². The molecule has 0 aliphatic carbocycles. The van der Waals surface area contributed by atoms with Crippen molar-refractivity contribution in [2.45, 2.75) is 11.3 Å². The first kappa shape index (κ1) is 15.0. The van der Waals surface area contributed by atoms with Gasteiger partial charge in [0.1, 0.15) is 0 Å². The first-order chi connectivity index (χ1) is 8.24. The molecule has 0 aromatic heterocycles. The summed E-state index contributed by atoms with van der Waals surface area (Å²) in [5.41, 5.74) is -0.269. The lowest BCUT2D eigenvalue weighted by Crippen LogP contribution is -2.28. The topological polar surface area (TPSA) is 83.5 Å². The summed E-state index contributed by atoms with van der Waals surface area (Å²) in [7, 11) is -4.14. The zero-order chi connectivity index (χ0) is 13.9. The van der Waals surface area contributed by atoms with E-state index in [4.69, 9.17) is 5.11 Å². The van der Waals surface area contributed by atoms with Crippen molar-refractivity contribution < 1.29 is 27.1 Å². The summed E-state index contributed by atoms with van der Waals surface area (Å²) in [5, 5.41) is 8.81. The summed E-state index contributed by atoms with van der Waals surface area (Å²) in [4.78, 5) is 10.4. The van der Waals surface area contributed by atoms with Gasteiger partial charge in [0.15, 0.2) is 0 Å². The van der Waals surface area contributed by atoms with Gasteiger partial charge in [0.05, 0.1) is 17.0 Å². The van der Waals surface area contributed by atoms with Crippen molar-refractivity contribution in [2.75, 3.05) is 6.54 Å². The van der Waals surface area contributed by atoms with E-state index in [1.54, 1.807) is 4.72 Å². The molecule has 9 heteroatoms. The molecule has 0 heterocycles. The van der Waals surface area contributed by atoms with E-state index in [1.807, 2.05) is 0 Å². The van der Waals surface area contributed by atoms with Crippen LogP contribution < -0.4 is 4.72 Å². The molecule has 18 heavy (non-hydrogen) atoms. The van der Waals surface area contributed by atoms with Gasteiger partial charge in [-0.05, 0) is 34.1 Å². The van der Waals surface area contributed by atoms with Crippen LogP contribution in [0, 0.1) is 0 Å². The standard InChI is InChI=1S/C9H8BrF2NO4S/c10-7-2-1-5(3-6(7)9(14)15)18(16,17)13-4-8(11)12/h1-3,8,13H,4H2,(H,14,15). The maximum absolute atomic E-state index is 11.9. The lowest BCUT2D eigenvalue weighted by molar-refractivity contribution is 0.0695. The molecule has 5 nitrogen and oxygen atoms in total. The normalized spacial score (nSPS) is 11.8. The molecule has 0 saturated heterocycles. The fraction of sp³-hybridized carbons (Fsp3) is 0.222. The molecule has 0 aliphatic rings. The predicted octanol–water partition coefficient (Wildman–Crippen LogP) is 1.69. The van der Waals surface area contributed by atoms with E-state index in [1.165, 1.54) is 6.07 Å². The number of sulfonamides is 1. The van der Waals surface area contributed by atoms with Crippen molar-refractivity contribution in [2.24, 2.45) is 0 Å². The average molecular weight is 344 g/mol. The summed E-state index contributed by atoms with van der Waals surface area (Å²) in [6.07, 6.45) is -2.82. The molecule has 1 aromatic carbocycles. The summed E-state index contributed by atoms with van der Waals surface area (Å²) in [6, 6.07) is 3.23. The van der Waals surface area contributed by atoms with Crippen LogP contribution in [-0.2, 0) is 10.0 Å². The lowest BCUT2D eigenvalue weighted by Gasteiger charge is -2.07. The third-order valence-corrected chi connectivity index (χ3v) is 4.02. The van der Waals surface area contributed by atoms with Crippen LogP contribution in [0.25, 0.3) is 0 Å². The van der Waals surface area contributed by atoms with Crippen LogP contribution in [0.1, 0.15) is 10.4 Å². The van der Waals surface area contributed by atoms with Crippen LogP contribution in [0.4, 0.5) is 8.78 Å². The monoisotopic (exact) mass is 343 g/mol. The van der Waals surface area contributed by atoms with Crippen molar-refractivity contribution >= 4 is 31.9 Å². The van der Waals surface area contributed by atoms with E-state index >= 15 is 0 Å². The Morgan fingerprint density at radius 3 is 2.56 bits per heavy atom. The molecule has 2 N–H and O–H groups in total. The highest BCUT2D eigenvalue weighted by atomic mass is 79.9. The van der Waals surface area contributed by atoms with Gasteiger partial charge in [-0.2, -0.15) is 0 Å². The molecule has 0 atom stereocenters. The maximum Gasteiger partial charge on any atom is 0.336 e. The number of hydrogen-bond acceptors (Lipinski definition) is 3. The third kappa shape index (κ3) is 3.72. The van der Waals surface area contributed by atoms with Crippen molar-refractivity contribution in [3.8, 4) is 0 Å². The quantitative estimate of drug-likeness (QED) is 0.852. The fourth-order valence-electron chi connectivity index (χ4n) is 1.09. The van der Waals surface area contributed by atoms with E-state index < -0.39 is 29.0 Å². The van der Waals surface area contributed by atoms with Gasteiger partial charge in [-0.3, -0.25) is 0 Å². The number of benzene rings is 1. The van der Waals surface area contributed by atoms with Gasteiger partial charge in [0.25, 0.3) is 6.43 Å². The van der Waals surface area contributed by atoms with E-state index in [0.717, 1.165) is 12.1 Å². The molecular weight excluding hydrogens is 336 g/mol. The molecular formula is C9H8BrF2NO4S. The van der Waals surface area contributed by atoms with Gasteiger partial charge in [-0.1, -0.05) is 0 Å². The first-order valence-corrected chi connectivity index (χ1v) is 6.82. The largest absolute Gasteiger partial charge is 0.478 e. The van der Waals surface area contributed by atoms with Crippen LogP contribution in [0.2, 0.25) is 0 Å². The van der Waals surface area contributed by atoms with Gasteiger partial charge in [0.2, 0.25) is 10.0 Å². The SMILES string of the molecule is O=C(O)c1cc(S(=O)(=O)NCC(F)F)ccc1Br. The fourth-order valence-corrected chi connectivity index (χ4v) is 2.54. The Hall–Kier alpha value is -1.06. The molecule has 0 unspecified atom stereocenters. The van der Waals surface area contributed by atoms with E-state index in [0.29, 0.717) is 0 Å². The Morgan fingerprint density at radius 2 is 2.06 bits per heavy atom. The minimum absolute atomic E-state index is 0.197. The molecule has 0 spiro atoms. The third-order valence-electron chi connectivity index (χ3n) is 1.91. The summed E-state index contributed by atoms with van der Waals surface area (Å²) in [6.45, 7) is -1.03. The van der Waals surface area contributed by atoms with Gasteiger partial charge in [-0.25, -0.2) is 26.7 Å². The second kappa shape index (κ2) is 5.72. The summed E-state index contributed by atoms with van der Waals surface area (Å²) in [5.74, 6) is -1.33. The predicted molar refractivity (Wildman–Crippen MR) is 62.3 cm³/mol. The van der Waals surface area contributed by atoms with Gasteiger partial charge < -0.3 is 5.11 Å². The van der Waals surface area contributed by atoms with Crippen LogP contribution in [-0.4, -0.2) is 32.5 Å². The molecule has 0 bridgehead atoms. The Bertz CT molecular complexity index is 562. The number of aromatic carboxylic acids is 1. The second-order valence-electron chi connectivity index (χ2n) is 3.19. The molecule has 0 aliphatic heterocycles. The zero-order valence-electron chi connectivity index (χ0n) is 8.73. The number of hydrogen-bond donors (Lipinski definition) is 2. The lowest BCUT2D eigenvalue weighted by atomic mass is 10.2. The number of alkyl halides is 2. The number of carbonyl (C=O) groups is 1. The molecule has 1 aromatic rings. The highest BCUT2D eigenvalue weighted by molar-refractivity contribution is 9.10. The van der Waals surface area contributed by atoms with Crippen molar-refractivity contribution in [3.05, 3.63) is 28.2 Å². The van der Waals surface area contributed by atoms with Crippen LogP contribution >= 0.6 is 15.9 Å². The molecule has 0 saturated carbocycles. The molecule has 0 amide bonds. The number of halogens is 3. The van der Waals surface area contributed by atoms with Crippen molar-refractivity contribution in [1.82, 2.24) is 4.72 Å². The highest BCUT2D eigenvalue weighted by Crippen LogP contribution is 2.21. The van der Waals surface area contributed by atoms with E-state index in [-0.39, 0.29) is 14.9 Å². The van der Waals surface area contributed by atoms with Crippen molar-refractivity contribution in [1.29, 1.82) is 0 Å². The second-order valence-corrected chi connectivity index (χ2v) is 5.81. The number of carboxylic acids is 1. The van der Waals surface area contributed by atoms with Crippen LogP contribution in [0.15, 0.2) is 27.6 Å². The average Bonchev–Trinajstić information content (AvgIpc) is 2.26. The summed E-state index contributed by atoms with van der Waals surface area (Å²) < 4.78 is 48.9. The van der Waals surface area contributed by atoms with Crippen LogP contribution in [0.5, 0.6) is 0 Å². The van der Waals surface area contributed by atoms with Gasteiger partial charge in [-0.15, -0.1) is 0 Å². The first-order valence-electron chi connectivity index (χ1n) is 4.54. The minimum Gasteiger partial charge on any atom is -0.478 e. The molecule has 1 rings (SSSR count).